The van der Waals surface area contributed by atoms with Gasteiger partial charge in [0.05, 0.1) is 0 Å². The highest BCUT2D eigenvalue weighted by Gasteiger charge is 2.24. The van der Waals surface area contributed by atoms with Crippen molar-refractivity contribution in [1.29, 1.82) is 0 Å². The Morgan fingerprint density at radius 1 is 1.25 bits per heavy atom. The summed E-state index contributed by atoms with van der Waals surface area (Å²) in [5.41, 5.74) is 6.09. The minimum Gasteiger partial charge on any atom is -0.396 e. The number of hydrogen-bond acceptors (Lipinski definition) is 3. The molecule has 0 amide bonds. The molecule has 0 aliphatic carbocycles. The van der Waals surface area contributed by atoms with Crippen molar-refractivity contribution in [3.8, 4) is 0 Å². The fourth-order valence-electron chi connectivity index (χ4n) is 2.56. The summed E-state index contributed by atoms with van der Waals surface area (Å²) in [5, 5.41) is 8.69. The van der Waals surface area contributed by atoms with Gasteiger partial charge in [-0.1, -0.05) is 26.2 Å². The summed E-state index contributed by atoms with van der Waals surface area (Å²) >= 11 is 0. The zero-order valence-corrected chi connectivity index (χ0v) is 10.7. The van der Waals surface area contributed by atoms with Crippen LogP contribution in [0.15, 0.2) is 0 Å². The van der Waals surface area contributed by atoms with E-state index in [1.54, 1.807) is 0 Å². The average molecular weight is 228 g/mol. The van der Waals surface area contributed by atoms with Crippen LogP contribution in [-0.4, -0.2) is 42.3 Å². The molecule has 2 unspecified atom stereocenters. The molecular formula is C13H28N2O. The molecule has 0 aromatic carbocycles. The highest BCUT2D eigenvalue weighted by Crippen LogP contribution is 2.18. The molecule has 3 nitrogen and oxygen atoms in total. The van der Waals surface area contributed by atoms with Crippen molar-refractivity contribution >= 4 is 0 Å². The van der Waals surface area contributed by atoms with E-state index in [1.807, 2.05) is 0 Å². The molecule has 0 radical (unpaired) electrons. The molecule has 2 atom stereocenters. The van der Waals surface area contributed by atoms with Gasteiger partial charge in [-0.05, 0) is 38.3 Å². The topological polar surface area (TPSA) is 49.5 Å². The number of hydrogen-bond donors (Lipinski definition) is 2. The molecule has 1 heterocycles. The van der Waals surface area contributed by atoms with Gasteiger partial charge in [-0.3, -0.25) is 0 Å². The first-order valence-corrected chi connectivity index (χ1v) is 6.86. The van der Waals surface area contributed by atoms with Gasteiger partial charge in [-0.15, -0.1) is 0 Å². The van der Waals surface area contributed by atoms with Crippen LogP contribution in [0.25, 0.3) is 0 Å². The Morgan fingerprint density at radius 3 is 2.69 bits per heavy atom. The Hall–Kier alpha value is -0.120. The minimum atomic E-state index is 0.344. The van der Waals surface area contributed by atoms with Gasteiger partial charge in [0, 0.05) is 19.2 Å². The normalized spacial score (nSPS) is 27.2. The second-order valence-corrected chi connectivity index (χ2v) is 5.06. The fourth-order valence-corrected chi connectivity index (χ4v) is 2.56. The predicted molar refractivity (Wildman–Crippen MR) is 68.4 cm³/mol. The molecule has 0 aromatic heterocycles. The number of piperidine rings is 1. The second kappa shape index (κ2) is 8.04. The van der Waals surface area contributed by atoms with Crippen molar-refractivity contribution in [2.45, 2.75) is 51.5 Å². The van der Waals surface area contributed by atoms with Crippen molar-refractivity contribution in [2.75, 3.05) is 26.2 Å². The Morgan fingerprint density at radius 2 is 2.00 bits per heavy atom. The first kappa shape index (κ1) is 13.9. The van der Waals surface area contributed by atoms with Crippen molar-refractivity contribution in [3.05, 3.63) is 0 Å². The molecule has 0 saturated carbocycles. The van der Waals surface area contributed by atoms with Crippen molar-refractivity contribution in [2.24, 2.45) is 11.7 Å². The van der Waals surface area contributed by atoms with E-state index >= 15 is 0 Å². The second-order valence-electron chi connectivity index (χ2n) is 5.06. The maximum atomic E-state index is 8.69. The van der Waals surface area contributed by atoms with E-state index in [-0.39, 0.29) is 0 Å². The molecule has 96 valence electrons. The SMILES string of the molecule is CCC1CN(CCCCCCO)CCC1N. The summed E-state index contributed by atoms with van der Waals surface area (Å²) < 4.78 is 0. The van der Waals surface area contributed by atoms with Gasteiger partial charge >= 0.3 is 0 Å². The van der Waals surface area contributed by atoms with E-state index in [0.29, 0.717) is 18.6 Å². The van der Waals surface area contributed by atoms with Crippen LogP contribution in [0, 0.1) is 5.92 Å². The van der Waals surface area contributed by atoms with E-state index in [9.17, 15) is 0 Å². The quantitative estimate of drug-likeness (QED) is 0.651. The Balaban J connectivity index is 2.08. The smallest absolute Gasteiger partial charge is 0.0431 e. The number of likely N-dealkylation sites (tertiary alicyclic amines) is 1. The van der Waals surface area contributed by atoms with Crippen LogP contribution in [0.4, 0.5) is 0 Å². The molecule has 3 heteroatoms. The highest BCUT2D eigenvalue weighted by atomic mass is 16.2. The van der Waals surface area contributed by atoms with Gasteiger partial charge in [0.15, 0.2) is 0 Å². The van der Waals surface area contributed by atoms with Crippen LogP contribution in [0.1, 0.15) is 45.4 Å². The predicted octanol–water partition coefficient (Wildman–Crippen LogP) is 1.60. The molecule has 0 aromatic rings. The van der Waals surface area contributed by atoms with Gasteiger partial charge in [-0.25, -0.2) is 0 Å². The lowest BCUT2D eigenvalue weighted by atomic mass is 9.90. The third kappa shape index (κ3) is 4.81. The fraction of sp³-hybridized carbons (Fsp3) is 1.00. The van der Waals surface area contributed by atoms with E-state index in [4.69, 9.17) is 10.8 Å². The van der Waals surface area contributed by atoms with Crippen LogP contribution in [0.5, 0.6) is 0 Å². The van der Waals surface area contributed by atoms with Crippen LogP contribution < -0.4 is 5.73 Å². The van der Waals surface area contributed by atoms with Crippen molar-refractivity contribution in [1.82, 2.24) is 4.90 Å². The third-order valence-electron chi connectivity index (χ3n) is 3.78. The lowest BCUT2D eigenvalue weighted by molar-refractivity contribution is 0.149. The summed E-state index contributed by atoms with van der Waals surface area (Å²) in [4.78, 5) is 2.57. The Bertz CT molecular complexity index is 175. The van der Waals surface area contributed by atoms with Crippen LogP contribution in [0.2, 0.25) is 0 Å². The molecular weight excluding hydrogens is 200 g/mol. The molecule has 1 rings (SSSR count). The Labute approximate surface area is 100 Å². The van der Waals surface area contributed by atoms with E-state index in [2.05, 4.69) is 11.8 Å². The van der Waals surface area contributed by atoms with Gasteiger partial charge < -0.3 is 15.7 Å². The zero-order chi connectivity index (χ0) is 11.8. The molecule has 1 fully saturated rings. The number of rotatable bonds is 7. The molecule has 1 saturated heterocycles. The first-order chi connectivity index (χ1) is 7.77. The number of nitrogens with two attached hydrogens (primary N) is 1. The largest absolute Gasteiger partial charge is 0.396 e. The van der Waals surface area contributed by atoms with E-state index in [1.165, 1.54) is 45.3 Å². The van der Waals surface area contributed by atoms with Gasteiger partial charge in [-0.2, -0.15) is 0 Å². The van der Waals surface area contributed by atoms with Crippen molar-refractivity contribution < 1.29 is 5.11 Å². The average Bonchev–Trinajstić information content (AvgIpc) is 2.31. The third-order valence-corrected chi connectivity index (χ3v) is 3.78. The molecule has 3 N–H and O–H groups in total. The maximum Gasteiger partial charge on any atom is 0.0431 e. The van der Waals surface area contributed by atoms with Gasteiger partial charge in [0.25, 0.3) is 0 Å². The Kier molecular flexibility index (Phi) is 7.01. The first-order valence-electron chi connectivity index (χ1n) is 6.86. The number of nitrogens with zero attached hydrogens (tertiary/aromatic N) is 1. The molecule has 1 aliphatic heterocycles. The number of unbranched alkanes of at least 4 members (excludes halogenated alkanes) is 3. The molecule has 0 spiro atoms. The maximum absolute atomic E-state index is 8.69. The standard InChI is InChI=1S/C13H28N2O/c1-2-12-11-15(9-7-13(12)14)8-5-3-4-6-10-16/h12-13,16H,2-11,14H2,1H3. The summed E-state index contributed by atoms with van der Waals surface area (Å²) in [6.45, 7) is 6.18. The zero-order valence-electron chi connectivity index (χ0n) is 10.7. The summed E-state index contributed by atoms with van der Waals surface area (Å²) in [6, 6.07) is 0.427. The van der Waals surface area contributed by atoms with Crippen LogP contribution in [0.3, 0.4) is 0 Å². The molecule has 16 heavy (non-hydrogen) atoms. The summed E-state index contributed by atoms with van der Waals surface area (Å²) in [7, 11) is 0. The van der Waals surface area contributed by atoms with Crippen LogP contribution in [-0.2, 0) is 0 Å². The van der Waals surface area contributed by atoms with Crippen LogP contribution >= 0.6 is 0 Å². The lowest BCUT2D eigenvalue weighted by Crippen LogP contribution is -2.47. The van der Waals surface area contributed by atoms with Gasteiger partial charge in [0.2, 0.25) is 0 Å². The summed E-state index contributed by atoms with van der Waals surface area (Å²) in [5.74, 6) is 0.700. The molecule has 0 bridgehead atoms. The number of aliphatic hydroxyl groups is 1. The number of aliphatic hydroxyl groups excluding tert-OH is 1. The van der Waals surface area contributed by atoms with E-state index < -0.39 is 0 Å². The van der Waals surface area contributed by atoms with Gasteiger partial charge in [0.1, 0.15) is 0 Å². The summed E-state index contributed by atoms with van der Waals surface area (Å²) in [6.07, 6.45) is 7.02. The highest BCUT2D eigenvalue weighted by molar-refractivity contribution is 4.81. The monoisotopic (exact) mass is 228 g/mol. The van der Waals surface area contributed by atoms with E-state index in [0.717, 1.165) is 12.8 Å². The minimum absolute atomic E-state index is 0.344. The van der Waals surface area contributed by atoms with Crippen molar-refractivity contribution in [3.63, 3.8) is 0 Å². The molecule has 1 aliphatic rings. The lowest BCUT2D eigenvalue weighted by Gasteiger charge is -2.36.